The van der Waals surface area contributed by atoms with E-state index in [1.54, 1.807) is 31.2 Å². The maximum Gasteiger partial charge on any atom is 0.269 e. The fourth-order valence-electron chi connectivity index (χ4n) is 4.36. The summed E-state index contributed by atoms with van der Waals surface area (Å²) < 4.78 is 42.0. The van der Waals surface area contributed by atoms with Crippen molar-refractivity contribution in [1.29, 1.82) is 0 Å². The van der Waals surface area contributed by atoms with Gasteiger partial charge in [-0.1, -0.05) is 18.2 Å². The first kappa shape index (κ1) is 24.3. The molecule has 10 heteroatoms. The summed E-state index contributed by atoms with van der Waals surface area (Å²) in [6, 6.07) is 10.9. The van der Waals surface area contributed by atoms with Gasteiger partial charge in [-0.15, -0.1) is 0 Å². The van der Waals surface area contributed by atoms with E-state index in [0.29, 0.717) is 16.9 Å². The minimum absolute atomic E-state index is 0.0000316. The number of aromatic nitrogens is 2. The van der Waals surface area contributed by atoms with Crippen molar-refractivity contribution in [2.75, 3.05) is 5.73 Å². The van der Waals surface area contributed by atoms with Gasteiger partial charge in [0.2, 0.25) is 5.92 Å². The Morgan fingerprint density at radius 1 is 1.14 bits per heavy atom. The number of amides is 2. The van der Waals surface area contributed by atoms with E-state index in [0.717, 1.165) is 5.56 Å². The van der Waals surface area contributed by atoms with Crippen LogP contribution >= 0.6 is 0 Å². The van der Waals surface area contributed by atoms with Crippen molar-refractivity contribution in [2.45, 2.75) is 51.0 Å². The molecule has 5 N–H and O–H groups in total. The Morgan fingerprint density at radius 2 is 1.80 bits per heavy atom. The third kappa shape index (κ3) is 5.16. The van der Waals surface area contributed by atoms with Crippen molar-refractivity contribution in [3.63, 3.8) is 0 Å². The van der Waals surface area contributed by atoms with Gasteiger partial charge in [0.1, 0.15) is 5.82 Å². The van der Waals surface area contributed by atoms with Gasteiger partial charge in [0.05, 0.1) is 17.1 Å². The van der Waals surface area contributed by atoms with E-state index in [1.807, 2.05) is 0 Å². The number of halogens is 3. The first-order valence-electron chi connectivity index (χ1n) is 11.3. The number of alkyl halides is 2. The number of hydrogen-bond acceptors (Lipinski definition) is 4. The van der Waals surface area contributed by atoms with Crippen LogP contribution in [0.4, 0.5) is 18.9 Å². The molecule has 35 heavy (non-hydrogen) atoms. The Bertz CT molecular complexity index is 1260. The predicted molar refractivity (Wildman–Crippen MR) is 125 cm³/mol. The highest BCUT2D eigenvalue weighted by molar-refractivity contribution is 5.97. The molecule has 0 atom stereocenters. The number of primary amides is 1. The molecule has 0 unspecified atom stereocenters. The lowest BCUT2D eigenvalue weighted by Gasteiger charge is -2.27. The number of rotatable bonds is 6. The Hall–Kier alpha value is -3.82. The highest BCUT2D eigenvalue weighted by atomic mass is 19.3. The summed E-state index contributed by atoms with van der Waals surface area (Å²) in [6.45, 7) is 1.92. The van der Waals surface area contributed by atoms with Gasteiger partial charge in [-0.05, 0) is 55.2 Å². The topological polar surface area (TPSA) is 116 Å². The number of nitrogens with two attached hydrogens (primary N) is 2. The molecule has 1 saturated carbocycles. The van der Waals surface area contributed by atoms with Crippen LogP contribution in [-0.2, 0) is 6.54 Å². The van der Waals surface area contributed by atoms with Crippen LogP contribution in [0.25, 0.3) is 5.69 Å². The van der Waals surface area contributed by atoms with E-state index in [-0.39, 0.29) is 55.1 Å². The van der Waals surface area contributed by atoms with Gasteiger partial charge < -0.3 is 16.8 Å². The molecule has 1 aliphatic rings. The fraction of sp³-hybridized carbons (Fsp3) is 0.320. The van der Waals surface area contributed by atoms with Gasteiger partial charge >= 0.3 is 0 Å². The zero-order valence-corrected chi connectivity index (χ0v) is 19.2. The lowest BCUT2D eigenvalue weighted by atomic mass is 9.84. The number of benzene rings is 2. The number of nitrogen functional groups attached to an aromatic ring is 1. The number of aryl methyl sites for hydroxylation is 1. The SMILES string of the molecule is Cc1ccc(F)cc1C(=O)NCc1ccc(-n2nc(C3CCC(F)(F)CC3)c(N)c2C(N)=O)cc1. The van der Waals surface area contributed by atoms with Crippen LogP contribution in [0.2, 0.25) is 0 Å². The largest absolute Gasteiger partial charge is 0.395 e. The van der Waals surface area contributed by atoms with E-state index in [2.05, 4.69) is 10.4 Å². The van der Waals surface area contributed by atoms with Crippen LogP contribution in [0.3, 0.4) is 0 Å². The van der Waals surface area contributed by atoms with Crippen LogP contribution in [0.5, 0.6) is 0 Å². The molecule has 1 aliphatic carbocycles. The Morgan fingerprint density at radius 3 is 2.43 bits per heavy atom. The molecule has 1 fully saturated rings. The monoisotopic (exact) mass is 485 g/mol. The predicted octanol–water partition coefficient (Wildman–Crippen LogP) is 4.22. The molecular formula is C25H26F3N5O2. The molecule has 184 valence electrons. The average molecular weight is 486 g/mol. The minimum Gasteiger partial charge on any atom is -0.395 e. The Kier molecular flexibility index (Phi) is 6.56. The van der Waals surface area contributed by atoms with E-state index in [9.17, 15) is 22.8 Å². The molecule has 1 heterocycles. The van der Waals surface area contributed by atoms with Gasteiger partial charge in [-0.2, -0.15) is 5.10 Å². The van der Waals surface area contributed by atoms with Crippen molar-refractivity contribution >= 4 is 17.5 Å². The highest BCUT2D eigenvalue weighted by Gasteiger charge is 2.38. The van der Waals surface area contributed by atoms with Crippen molar-refractivity contribution in [2.24, 2.45) is 5.73 Å². The van der Waals surface area contributed by atoms with Gasteiger partial charge in [0.25, 0.3) is 11.8 Å². The summed E-state index contributed by atoms with van der Waals surface area (Å²) in [7, 11) is 0. The van der Waals surface area contributed by atoms with E-state index in [1.165, 1.54) is 22.9 Å². The van der Waals surface area contributed by atoms with Crippen molar-refractivity contribution in [1.82, 2.24) is 15.1 Å². The number of nitrogens with one attached hydrogen (secondary N) is 1. The second-order valence-electron chi connectivity index (χ2n) is 8.86. The number of anilines is 1. The van der Waals surface area contributed by atoms with Crippen LogP contribution in [-0.4, -0.2) is 27.5 Å². The van der Waals surface area contributed by atoms with Gasteiger partial charge in [0, 0.05) is 30.9 Å². The second-order valence-corrected chi connectivity index (χ2v) is 8.86. The van der Waals surface area contributed by atoms with Crippen LogP contribution in [0.15, 0.2) is 42.5 Å². The van der Waals surface area contributed by atoms with Gasteiger partial charge in [-0.25, -0.2) is 17.9 Å². The molecule has 0 aliphatic heterocycles. The van der Waals surface area contributed by atoms with Crippen LogP contribution < -0.4 is 16.8 Å². The fourth-order valence-corrected chi connectivity index (χ4v) is 4.36. The lowest BCUT2D eigenvalue weighted by Crippen LogP contribution is -2.24. The van der Waals surface area contributed by atoms with E-state index < -0.39 is 23.6 Å². The second kappa shape index (κ2) is 9.44. The number of hydrogen-bond donors (Lipinski definition) is 3. The Labute approximate surface area is 200 Å². The first-order valence-corrected chi connectivity index (χ1v) is 11.3. The molecular weight excluding hydrogens is 459 g/mol. The normalized spacial score (nSPS) is 15.7. The number of carbonyl (C=O) groups excluding carboxylic acids is 2. The summed E-state index contributed by atoms with van der Waals surface area (Å²) >= 11 is 0. The molecule has 4 rings (SSSR count). The zero-order chi connectivity index (χ0) is 25.3. The van der Waals surface area contributed by atoms with Crippen LogP contribution in [0.1, 0.15) is 69.3 Å². The smallest absolute Gasteiger partial charge is 0.269 e. The Balaban J connectivity index is 1.52. The highest BCUT2D eigenvalue weighted by Crippen LogP contribution is 2.42. The van der Waals surface area contributed by atoms with Crippen molar-refractivity contribution < 1.29 is 22.8 Å². The summed E-state index contributed by atoms with van der Waals surface area (Å²) in [5, 5.41) is 7.23. The molecule has 0 radical (unpaired) electrons. The van der Waals surface area contributed by atoms with Crippen molar-refractivity contribution in [3.05, 3.63) is 76.4 Å². The molecule has 0 spiro atoms. The molecule has 3 aromatic rings. The van der Waals surface area contributed by atoms with Crippen LogP contribution in [0, 0.1) is 12.7 Å². The van der Waals surface area contributed by atoms with E-state index in [4.69, 9.17) is 11.5 Å². The maximum atomic E-state index is 13.6. The van der Waals surface area contributed by atoms with Gasteiger partial charge in [0.15, 0.2) is 5.69 Å². The van der Waals surface area contributed by atoms with Gasteiger partial charge in [-0.3, -0.25) is 9.59 Å². The molecule has 2 amide bonds. The maximum absolute atomic E-state index is 13.6. The van der Waals surface area contributed by atoms with Crippen molar-refractivity contribution in [3.8, 4) is 5.69 Å². The summed E-state index contributed by atoms with van der Waals surface area (Å²) in [5.41, 5.74) is 14.4. The molecule has 0 bridgehead atoms. The quantitative estimate of drug-likeness (QED) is 0.485. The number of nitrogens with zero attached hydrogens (tertiary/aromatic N) is 2. The standard InChI is InChI=1S/C25H26F3N5O2/c1-14-2-5-17(26)12-19(14)24(35)31-13-15-3-6-18(7-4-15)33-22(23(30)34)20(29)21(32-33)16-8-10-25(27,28)11-9-16/h2-7,12,16H,8-11,13,29H2,1H3,(H2,30,34)(H,31,35). The molecule has 1 aromatic heterocycles. The molecule has 7 nitrogen and oxygen atoms in total. The average Bonchev–Trinajstić information content (AvgIpc) is 3.16. The minimum atomic E-state index is -2.70. The summed E-state index contributed by atoms with van der Waals surface area (Å²) in [4.78, 5) is 24.6. The molecule has 0 saturated heterocycles. The zero-order valence-electron chi connectivity index (χ0n) is 19.2. The third-order valence-electron chi connectivity index (χ3n) is 6.37. The lowest BCUT2D eigenvalue weighted by molar-refractivity contribution is -0.0384. The summed E-state index contributed by atoms with van der Waals surface area (Å²) in [6.07, 6.45) is -0.0808. The molecule has 2 aromatic carbocycles. The first-order chi connectivity index (χ1) is 16.6. The van der Waals surface area contributed by atoms with E-state index >= 15 is 0 Å². The number of carbonyl (C=O) groups is 2. The third-order valence-corrected chi connectivity index (χ3v) is 6.37. The summed E-state index contributed by atoms with van der Waals surface area (Å²) in [5.74, 6) is -4.64.